The summed E-state index contributed by atoms with van der Waals surface area (Å²) in [5.74, 6) is -0.708. The highest BCUT2D eigenvalue weighted by Crippen LogP contribution is 2.17. The number of halogens is 3. The first-order valence-corrected chi connectivity index (χ1v) is 4.40. The van der Waals surface area contributed by atoms with Crippen LogP contribution in [0.1, 0.15) is 6.92 Å². The van der Waals surface area contributed by atoms with Gasteiger partial charge in [0.2, 0.25) is 0 Å². The van der Waals surface area contributed by atoms with Gasteiger partial charge in [-0.3, -0.25) is 4.79 Å². The number of methoxy groups -OCH3 is 1. The number of carbonyl (C=O) groups excluding carboxylic acids is 1. The fourth-order valence-corrected chi connectivity index (χ4v) is 0.997. The molecule has 0 aliphatic heterocycles. The number of nitrogens with zero attached hydrogens (tertiary/aromatic N) is 1. The Kier molecular flexibility index (Phi) is 5.59. The zero-order valence-electron chi connectivity index (χ0n) is 8.67. The van der Waals surface area contributed by atoms with Gasteiger partial charge in [0.1, 0.15) is 12.6 Å². The van der Waals surface area contributed by atoms with Gasteiger partial charge in [0, 0.05) is 20.2 Å². The minimum absolute atomic E-state index is 0.0156. The highest BCUT2D eigenvalue weighted by Gasteiger charge is 2.34. The zero-order valence-corrected chi connectivity index (χ0v) is 8.67. The number of rotatable bonds is 5. The van der Waals surface area contributed by atoms with Crippen LogP contribution in [-0.4, -0.2) is 49.8 Å². The van der Waals surface area contributed by atoms with Crippen LogP contribution in [0.4, 0.5) is 13.2 Å². The van der Waals surface area contributed by atoms with E-state index in [4.69, 9.17) is 5.73 Å². The molecule has 0 rings (SSSR count). The first kappa shape index (κ1) is 14.2. The first-order valence-electron chi connectivity index (χ1n) is 4.40. The zero-order chi connectivity index (χ0) is 12.1. The summed E-state index contributed by atoms with van der Waals surface area (Å²) in [4.78, 5) is 12.0. The van der Waals surface area contributed by atoms with Crippen molar-refractivity contribution in [3.63, 3.8) is 0 Å². The van der Waals surface area contributed by atoms with Crippen molar-refractivity contribution in [1.82, 2.24) is 4.90 Å². The van der Waals surface area contributed by atoms with E-state index in [1.165, 1.54) is 14.0 Å². The maximum Gasteiger partial charge on any atom is 0.406 e. The number of ether oxygens (including phenoxy) is 1. The van der Waals surface area contributed by atoms with Crippen molar-refractivity contribution in [3.8, 4) is 0 Å². The third-order valence-corrected chi connectivity index (χ3v) is 1.78. The lowest BCUT2D eigenvalue weighted by molar-refractivity contribution is -0.166. The van der Waals surface area contributed by atoms with Gasteiger partial charge >= 0.3 is 6.18 Å². The Morgan fingerprint density at radius 1 is 1.53 bits per heavy atom. The third-order valence-electron chi connectivity index (χ3n) is 1.78. The van der Waals surface area contributed by atoms with Gasteiger partial charge in [-0.15, -0.1) is 0 Å². The highest BCUT2D eigenvalue weighted by atomic mass is 19.4. The summed E-state index contributed by atoms with van der Waals surface area (Å²) in [6.07, 6.45) is -5.31. The molecule has 0 aromatic carbocycles. The van der Waals surface area contributed by atoms with E-state index in [0.717, 1.165) is 0 Å². The van der Waals surface area contributed by atoms with Crippen LogP contribution in [0.15, 0.2) is 0 Å². The molecule has 0 fully saturated rings. The quantitative estimate of drug-likeness (QED) is 0.739. The lowest BCUT2D eigenvalue weighted by atomic mass is 10.3. The molecule has 1 atom stereocenters. The van der Waals surface area contributed by atoms with Crippen molar-refractivity contribution < 1.29 is 22.7 Å². The van der Waals surface area contributed by atoms with Crippen LogP contribution in [0.2, 0.25) is 0 Å². The first-order chi connectivity index (χ1) is 6.81. The lowest BCUT2D eigenvalue weighted by Crippen LogP contribution is -2.46. The van der Waals surface area contributed by atoms with Crippen molar-refractivity contribution in [3.05, 3.63) is 0 Å². The van der Waals surface area contributed by atoms with Crippen molar-refractivity contribution >= 4 is 5.91 Å². The van der Waals surface area contributed by atoms with E-state index in [1.807, 2.05) is 0 Å². The van der Waals surface area contributed by atoms with Crippen LogP contribution in [-0.2, 0) is 9.53 Å². The van der Waals surface area contributed by atoms with Gasteiger partial charge in [-0.2, -0.15) is 13.2 Å². The van der Waals surface area contributed by atoms with E-state index < -0.39 is 24.7 Å². The molecule has 15 heavy (non-hydrogen) atoms. The fourth-order valence-electron chi connectivity index (χ4n) is 0.997. The summed E-state index contributed by atoms with van der Waals surface area (Å²) < 4.78 is 40.9. The van der Waals surface area contributed by atoms with Crippen molar-refractivity contribution in [1.29, 1.82) is 0 Å². The van der Waals surface area contributed by atoms with Gasteiger partial charge < -0.3 is 15.4 Å². The molecular formula is C8H15F3N2O2. The van der Waals surface area contributed by atoms with E-state index >= 15 is 0 Å². The van der Waals surface area contributed by atoms with E-state index in [-0.39, 0.29) is 13.1 Å². The van der Waals surface area contributed by atoms with Crippen LogP contribution in [0.25, 0.3) is 0 Å². The maximum atomic E-state index is 12.1. The molecule has 0 saturated carbocycles. The Labute approximate surface area is 86.2 Å². The number of hydrogen-bond donors (Lipinski definition) is 1. The predicted molar refractivity (Wildman–Crippen MR) is 48.2 cm³/mol. The van der Waals surface area contributed by atoms with Gasteiger partial charge in [-0.05, 0) is 6.92 Å². The van der Waals surface area contributed by atoms with Crippen LogP contribution < -0.4 is 5.73 Å². The fraction of sp³-hybridized carbons (Fsp3) is 0.875. The lowest BCUT2D eigenvalue weighted by Gasteiger charge is -2.25. The molecular weight excluding hydrogens is 213 g/mol. The average Bonchev–Trinajstić information content (AvgIpc) is 2.13. The van der Waals surface area contributed by atoms with Crippen molar-refractivity contribution in [2.24, 2.45) is 5.73 Å². The molecule has 0 bridgehead atoms. The Hall–Kier alpha value is -0.820. The second-order valence-corrected chi connectivity index (χ2v) is 3.04. The summed E-state index contributed by atoms with van der Waals surface area (Å²) in [6.45, 7) is -0.0523. The smallest absolute Gasteiger partial charge is 0.372 e. The van der Waals surface area contributed by atoms with E-state index in [0.29, 0.717) is 4.90 Å². The van der Waals surface area contributed by atoms with Gasteiger partial charge in [0.05, 0.1) is 0 Å². The molecule has 0 aliphatic carbocycles. The Balaban J connectivity index is 4.45. The Morgan fingerprint density at radius 2 is 2.07 bits per heavy atom. The molecule has 1 unspecified atom stereocenters. The van der Waals surface area contributed by atoms with Gasteiger partial charge in [-0.1, -0.05) is 0 Å². The molecule has 7 heteroatoms. The van der Waals surface area contributed by atoms with Crippen LogP contribution in [0.3, 0.4) is 0 Å². The van der Waals surface area contributed by atoms with Gasteiger partial charge in [0.25, 0.3) is 5.91 Å². The highest BCUT2D eigenvalue weighted by molar-refractivity contribution is 5.80. The maximum absolute atomic E-state index is 12.1. The predicted octanol–water partition coefficient (Wildman–Crippen LogP) is 0.371. The Morgan fingerprint density at radius 3 is 2.40 bits per heavy atom. The third kappa shape index (κ3) is 5.58. The van der Waals surface area contributed by atoms with E-state index in [1.54, 1.807) is 0 Å². The molecule has 0 radical (unpaired) electrons. The van der Waals surface area contributed by atoms with E-state index in [9.17, 15) is 18.0 Å². The monoisotopic (exact) mass is 228 g/mol. The number of hydrogen-bond acceptors (Lipinski definition) is 3. The second kappa shape index (κ2) is 5.92. The summed E-state index contributed by atoms with van der Waals surface area (Å²) in [5.41, 5.74) is 5.13. The molecule has 0 saturated heterocycles. The molecule has 0 aromatic rings. The minimum Gasteiger partial charge on any atom is -0.372 e. The summed E-state index contributed by atoms with van der Waals surface area (Å²) >= 11 is 0. The normalized spacial score (nSPS) is 13.7. The van der Waals surface area contributed by atoms with Crippen LogP contribution in [0, 0.1) is 0 Å². The summed E-state index contributed by atoms with van der Waals surface area (Å²) in [5, 5.41) is 0. The number of alkyl halides is 3. The van der Waals surface area contributed by atoms with Crippen molar-refractivity contribution in [2.45, 2.75) is 19.2 Å². The van der Waals surface area contributed by atoms with Crippen LogP contribution in [0.5, 0.6) is 0 Å². The molecule has 90 valence electrons. The molecule has 0 aromatic heterocycles. The number of amides is 1. The van der Waals surface area contributed by atoms with Crippen LogP contribution >= 0.6 is 0 Å². The second-order valence-electron chi connectivity index (χ2n) is 3.04. The van der Waals surface area contributed by atoms with E-state index in [2.05, 4.69) is 4.74 Å². The minimum atomic E-state index is -4.42. The molecule has 4 nitrogen and oxygen atoms in total. The number of carbonyl (C=O) groups is 1. The summed E-state index contributed by atoms with van der Waals surface area (Å²) in [7, 11) is 1.26. The Bertz CT molecular complexity index is 209. The summed E-state index contributed by atoms with van der Waals surface area (Å²) in [6, 6.07) is 0. The van der Waals surface area contributed by atoms with Gasteiger partial charge in [-0.25, -0.2) is 0 Å². The molecule has 0 aliphatic rings. The molecule has 1 amide bonds. The van der Waals surface area contributed by atoms with Crippen molar-refractivity contribution in [2.75, 3.05) is 26.7 Å². The average molecular weight is 228 g/mol. The standard InChI is InChI=1S/C8H15F3N2O2/c1-6(15-2)7(14)13(4-3-12)5-8(9,10)11/h6H,3-5,12H2,1-2H3. The molecule has 2 N–H and O–H groups in total. The topological polar surface area (TPSA) is 55.6 Å². The number of nitrogens with two attached hydrogens (primary N) is 1. The molecule has 0 spiro atoms. The molecule has 0 heterocycles. The van der Waals surface area contributed by atoms with Gasteiger partial charge in [0.15, 0.2) is 0 Å². The SMILES string of the molecule is COC(C)C(=O)N(CCN)CC(F)(F)F. The largest absolute Gasteiger partial charge is 0.406 e.